The van der Waals surface area contributed by atoms with Gasteiger partial charge in [0.1, 0.15) is 17.4 Å². The van der Waals surface area contributed by atoms with Gasteiger partial charge >= 0.3 is 0 Å². The van der Waals surface area contributed by atoms with Gasteiger partial charge in [-0.1, -0.05) is 0 Å². The molecule has 0 radical (unpaired) electrons. The van der Waals surface area contributed by atoms with Crippen LogP contribution < -0.4 is 10.1 Å². The molecule has 0 fully saturated rings. The molecule has 19 heavy (non-hydrogen) atoms. The highest BCUT2D eigenvalue weighted by Crippen LogP contribution is 2.27. The Kier molecular flexibility index (Phi) is 4.10. The van der Waals surface area contributed by atoms with E-state index in [9.17, 15) is 0 Å². The van der Waals surface area contributed by atoms with Crippen LogP contribution in [-0.2, 0) is 0 Å². The number of benzene rings is 1. The zero-order chi connectivity index (χ0) is 13.7. The summed E-state index contributed by atoms with van der Waals surface area (Å²) in [6, 6.07) is 7.44. The number of hydrogen-bond donors (Lipinski definition) is 2. The first-order chi connectivity index (χ1) is 9.24. The molecule has 0 saturated carbocycles. The number of methoxy groups -OCH3 is 1. The zero-order valence-corrected chi connectivity index (χ0v) is 11.5. The van der Waals surface area contributed by atoms with Gasteiger partial charge in [-0.15, -0.1) is 10.2 Å². The van der Waals surface area contributed by atoms with E-state index in [4.69, 9.17) is 10.00 Å². The second-order valence-corrected chi connectivity index (χ2v) is 4.25. The molecule has 7 nitrogen and oxygen atoms in total. The van der Waals surface area contributed by atoms with Crippen LogP contribution in [0.5, 0.6) is 5.75 Å². The quantitative estimate of drug-likeness (QED) is 0.835. The highest BCUT2D eigenvalue weighted by atomic mass is 79.9. The van der Waals surface area contributed by atoms with Crippen molar-refractivity contribution in [3.05, 3.63) is 34.7 Å². The molecule has 0 bridgehead atoms. The Balaban J connectivity index is 2.20. The Labute approximate surface area is 117 Å². The molecule has 2 N–H and O–H groups in total. The summed E-state index contributed by atoms with van der Waals surface area (Å²) in [7, 11) is 1.60. The predicted molar refractivity (Wildman–Crippen MR) is 72.1 cm³/mol. The summed E-state index contributed by atoms with van der Waals surface area (Å²) < 4.78 is 5.91. The van der Waals surface area contributed by atoms with E-state index in [1.165, 1.54) is 6.20 Å². The third kappa shape index (κ3) is 3.08. The zero-order valence-electron chi connectivity index (χ0n) is 9.88. The number of nitriles is 1. The summed E-state index contributed by atoms with van der Waals surface area (Å²) in [6.45, 7) is 0. The fraction of sp³-hybridized carbons (Fsp3) is 0.0909. The van der Waals surface area contributed by atoms with Crippen molar-refractivity contribution in [1.82, 2.24) is 20.6 Å². The van der Waals surface area contributed by atoms with Crippen molar-refractivity contribution in [2.45, 2.75) is 0 Å². The average molecular weight is 321 g/mol. The van der Waals surface area contributed by atoms with Crippen LogP contribution in [0, 0.1) is 11.3 Å². The topological polar surface area (TPSA) is 99.5 Å². The minimum absolute atomic E-state index is 0.236. The number of halogens is 1. The summed E-state index contributed by atoms with van der Waals surface area (Å²) in [5, 5.41) is 25.2. The van der Waals surface area contributed by atoms with E-state index in [-0.39, 0.29) is 11.4 Å². The Bertz CT molecular complexity index is 631. The number of nitrogens with zero attached hydrogens (tertiary/aromatic N) is 4. The Hall–Kier alpha value is -2.40. The highest BCUT2D eigenvalue weighted by molar-refractivity contribution is 9.10. The molecule has 0 unspecified atom stereocenters. The van der Waals surface area contributed by atoms with E-state index in [0.29, 0.717) is 0 Å². The Morgan fingerprint density at radius 2 is 2.42 bits per heavy atom. The third-order valence-corrected chi connectivity index (χ3v) is 2.91. The lowest BCUT2D eigenvalue weighted by atomic mass is 10.3. The largest absolute Gasteiger partial charge is 0.497 e. The molecule has 0 amide bonds. The standard InChI is InChI=1S/C11H9BrN6O/c1-19-8-2-3-10(9(12)4-8)14-6-7(5-13)11-15-17-18-16-11/h2-4,6,14H,1H3,(H,15,16,17,18). The van der Waals surface area contributed by atoms with Crippen LogP contribution in [-0.4, -0.2) is 27.7 Å². The smallest absolute Gasteiger partial charge is 0.216 e. The molecule has 8 heteroatoms. The van der Waals surface area contributed by atoms with Crippen LogP contribution in [0.25, 0.3) is 5.57 Å². The first-order valence-electron chi connectivity index (χ1n) is 5.18. The first-order valence-corrected chi connectivity index (χ1v) is 5.98. The van der Waals surface area contributed by atoms with Gasteiger partial charge < -0.3 is 10.1 Å². The molecule has 0 aliphatic carbocycles. The average Bonchev–Trinajstić information content (AvgIpc) is 2.95. The second-order valence-electron chi connectivity index (χ2n) is 3.40. The Morgan fingerprint density at radius 1 is 1.58 bits per heavy atom. The normalized spacial score (nSPS) is 10.9. The third-order valence-electron chi connectivity index (χ3n) is 2.25. The predicted octanol–water partition coefficient (Wildman–Crippen LogP) is 1.95. The first kappa shape index (κ1) is 13.0. The molecule has 0 aliphatic rings. The molecule has 0 aliphatic heterocycles. The maximum absolute atomic E-state index is 9.02. The van der Waals surface area contributed by atoms with Crippen LogP contribution in [0.4, 0.5) is 5.69 Å². The number of tetrazole rings is 1. The van der Waals surface area contributed by atoms with Crippen molar-refractivity contribution < 1.29 is 4.74 Å². The van der Waals surface area contributed by atoms with Gasteiger partial charge in [0.2, 0.25) is 5.82 Å². The number of aromatic amines is 1. The summed E-state index contributed by atoms with van der Waals surface area (Å²) >= 11 is 3.40. The van der Waals surface area contributed by atoms with Gasteiger partial charge in [0.25, 0.3) is 0 Å². The minimum Gasteiger partial charge on any atom is -0.497 e. The van der Waals surface area contributed by atoms with Crippen LogP contribution in [0.3, 0.4) is 0 Å². The van der Waals surface area contributed by atoms with Crippen LogP contribution in [0.15, 0.2) is 28.9 Å². The number of aromatic nitrogens is 4. The van der Waals surface area contributed by atoms with Gasteiger partial charge in [-0.25, -0.2) is 0 Å². The van der Waals surface area contributed by atoms with Gasteiger partial charge in [0.15, 0.2) is 0 Å². The van der Waals surface area contributed by atoms with Gasteiger partial charge in [0.05, 0.1) is 12.8 Å². The van der Waals surface area contributed by atoms with E-state index in [2.05, 4.69) is 41.9 Å². The lowest BCUT2D eigenvalue weighted by Crippen LogP contribution is -1.94. The lowest BCUT2D eigenvalue weighted by Gasteiger charge is -2.06. The number of H-pyrrole nitrogens is 1. The molecule has 1 heterocycles. The number of rotatable bonds is 4. The van der Waals surface area contributed by atoms with E-state index in [1.54, 1.807) is 13.2 Å². The number of allylic oxidation sites excluding steroid dienone is 1. The van der Waals surface area contributed by atoms with Crippen LogP contribution in [0.2, 0.25) is 0 Å². The van der Waals surface area contributed by atoms with Crippen molar-refractivity contribution in [1.29, 1.82) is 5.26 Å². The monoisotopic (exact) mass is 320 g/mol. The summed E-state index contributed by atoms with van der Waals surface area (Å²) in [5.74, 6) is 0.972. The number of ether oxygens (including phenoxy) is 1. The molecule has 96 valence electrons. The highest BCUT2D eigenvalue weighted by Gasteiger charge is 2.06. The molecular weight excluding hydrogens is 312 g/mol. The summed E-state index contributed by atoms with van der Waals surface area (Å²) in [4.78, 5) is 0. The summed E-state index contributed by atoms with van der Waals surface area (Å²) in [6.07, 6.45) is 1.51. The van der Waals surface area contributed by atoms with Crippen molar-refractivity contribution >= 4 is 27.2 Å². The number of nitrogens with one attached hydrogen (secondary N) is 2. The van der Waals surface area contributed by atoms with Gasteiger partial charge in [-0.3, -0.25) is 0 Å². The maximum Gasteiger partial charge on any atom is 0.216 e. The van der Waals surface area contributed by atoms with Gasteiger partial charge in [0, 0.05) is 10.7 Å². The molecule has 0 atom stereocenters. The minimum atomic E-state index is 0.236. The van der Waals surface area contributed by atoms with Crippen LogP contribution >= 0.6 is 15.9 Å². The Morgan fingerprint density at radius 3 is 3.00 bits per heavy atom. The molecule has 1 aromatic carbocycles. The van der Waals surface area contributed by atoms with Crippen molar-refractivity contribution in [3.63, 3.8) is 0 Å². The van der Waals surface area contributed by atoms with Gasteiger partial charge in [-0.2, -0.15) is 10.5 Å². The van der Waals surface area contributed by atoms with Crippen molar-refractivity contribution in [3.8, 4) is 11.8 Å². The lowest BCUT2D eigenvalue weighted by molar-refractivity contribution is 0.414. The molecule has 2 aromatic rings. The molecule has 1 aromatic heterocycles. The molecule has 0 saturated heterocycles. The van der Waals surface area contributed by atoms with E-state index < -0.39 is 0 Å². The van der Waals surface area contributed by atoms with Crippen molar-refractivity contribution in [2.24, 2.45) is 0 Å². The molecular formula is C11H9BrN6O. The second kappa shape index (κ2) is 5.97. The van der Waals surface area contributed by atoms with E-state index >= 15 is 0 Å². The maximum atomic E-state index is 9.02. The van der Waals surface area contributed by atoms with Gasteiger partial charge in [-0.05, 0) is 39.3 Å². The fourth-order valence-corrected chi connectivity index (χ4v) is 1.78. The SMILES string of the molecule is COc1ccc(NC=C(C#N)c2nn[nH]n2)c(Br)c1. The number of anilines is 1. The molecule has 2 rings (SSSR count). The summed E-state index contributed by atoms with van der Waals surface area (Å²) in [5.41, 5.74) is 1.06. The van der Waals surface area contributed by atoms with Crippen molar-refractivity contribution in [2.75, 3.05) is 12.4 Å². The van der Waals surface area contributed by atoms with E-state index in [1.807, 2.05) is 18.2 Å². The molecule has 0 spiro atoms. The van der Waals surface area contributed by atoms with Crippen LogP contribution in [0.1, 0.15) is 5.82 Å². The fourth-order valence-electron chi connectivity index (χ4n) is 1.31. The number of hydrogen-bond acceptors (Lipinski definition) is 6. The van der Waals surface area contributed by atoms with E-state index in [0.717, 1.165) is 15.9 Å².